The highest BCUT2D eigenvalue weighted by Gasteiger charge is 2.31. The number of amides is 6. The molecule has 4 aromatic rings. The van der Waals surface area contributed by atoms with E-state index in [1.165, 1.54) is 0 Å². The van der Waals surface area contributed by atoms with Crippen molar-refractivity contribution in [3.63, 3.8) is 0 Å². The van der Waals surface area contributed by atoms with Gasteiger partial charge in [0.05, 0.1) is 26.4 Å². The maximum atomic E-state index is 14.1. The van der Waals surface area contributed by atoms with E-state index in [4.69, 9.17) is 14.2 Å². The van der Waals surface area contributed by atoms with Gasteiger partial charge >= 0.3 is 6.09 Å². The molecule has 0 heterocycles. The highest BCUT2D eigenvalue weighted by atomic mass is 32.2. The zero-order valence-electron chi connectivity index (χ0n) is 42.4. The van der Waals surface area contributed by atoms with Crippen LogP contribution in [0.5, 0.6) is 0 Å². The van der Waals surface area contributed by atoms with Gasteiger partial charge in [0.2, 0.25) is 29.5 Å². The van der Waals surface area contributed by atoms with Crippen molar-refractivity contribution in [2.24, 2.45) is 0 Å². The molecule has 0 aliphatic heterocycles. The van der Waals surface area contributed by atoms with Crippen LogP contribution in [0.15, 0.2) is 148 Å². The van der Waals surface area contributed by atoms with Crippen LogP contribution in [0.3, 0.4) is 0 Å². The van der Waals surface area contributed by atoms with Crippen molar-refractivity contribution < 1.29 is 43.0 Å². The average molecular weight is 1020 g/mol. The Morgan fingerprint density at radius 2 is 1.05 bits per heavy atom. The minimum atomic E-state index is -1.08. The van der Waals surface area contributed by atoms with Gasteiger partial charge in [-0.3, -0.25) is 24.0 Å². The number of hydrogen-bond donors (Lipinski definition) is 6. The SMILES string of the molecule is C=C.C=C.C=C(CC)CNC(=O)C(CCSC)NC(=O)C(Cc1ccccc1)NC(=O)C(Cc1ccccc1)NC(=O)CCC(=O)NCCOCCOCCNC(=O)OCC1c2ccccc2-c2ccccc21. The number of nitrogens with one attached hydrogen (secondary N) is 6. The second kappa shape index (κ2) is 35.2. The quantitative estimate of drug-likeness (QED) is 0.0238. The van der Waals surface area contributed by atoms with E-state index in [1.54, 1.807) is 11.8 Å². The molecule has 0 spiro atoms. The molecule has 1 aliphatic rings. The fraction of sp³-hybridized carbons (Fsp3) is 0.368. The van der Waals surface area contributed by atoms with Gasteiger partial charge in [0.15, 0.2) is 0 Å². The first-order valence-electron chi connectivity index (χ1n) is 24.5. The normalized spacial score (nSPS) is 12.2. The molecule has 5 rings (SSSR count). The Bertz CT molecular complexity index is 2290. The summed E-state index contributed by atoms with van der Waals surface area (Å²) in [5.41, 5.74) is 7.02. The number of alkyl carbamates (subject to hydrolysis) is 1. The largest absolute Gasteiger partial charge is 0.449 e. The lowest BCUT2D eigenvalue weighted by molar-refractivity contribution is -0.134. The van der Waals surface area contributed by atoms with Crippen molar-refractivity contribution >= 4 is 47.4 Å². The first-order valence-corrected chi connectivity index (χ1v) is 25.9. The summed E-state index contributed by atoms with van der Waals surface area (Å²) in [7, 11) is 0. The second-order valence-electron chi connectivity index (χ2n) is 16.6. The lowest BCUT2D eigenvalue weighted by Crippen LogP contribution is -2.57. The number of carbonyl (C=O) groups excluding carboxylic acids is 6. The molecule has 6 amide bonds. The summed E-state index contributed by atoms with van der Waals surface area (Å²) in [6.45, 7) is 19.9. The van der Waals surface area contributed by atoms with Crippen LogP contribution >= 0.6 is 11.8 Å². The van der Waals surface area contributed by atoms with Crippen molar-refractivity contribution in [3.8, 4) is 11.1 Å². The predicted octanol–water partition coefficient (Wildman–Crippen LogP) is 6.83. The number of carbonyl (C=O) groups is 6. The summed E-state index contributed by atoms with van der Waals surface area (Å²) in [4.78, 5) is 79.6. The maximum absolute atomic E-state index is 14.1. The van der Waals surface area contributed by atoms with Crippen LogP contribution in [-0.4, -0.2) is 118 Å². The van der Waals surface area contributed by atoms with Gasteiger partial charge in [-0.05, 0) is 58.2 Å². The highest BCUT2D eigenvalue weighted by molar-refractivity contribution is 7.98. The second-order valence-corrected chi connectivity index (χ2v) is 17.5. The van der Waals surface area contributed by atoms with Crippen LogP contribution in [0.2, 0.25) is 0 Å². The van der Waals surface area contributed by atoms with Gasteiger partial charge in [0.25, 0.3) is 0 Å². The minimum absolute atomic E-state index is 0.0215. The molecule has 3 atom stereocenters. The third-order valence-corrected chi connectivity index (χ3v) is 12.1. The van der Waals surface area contributed by atoms with E-state index in [2.05, 4.69) is 89.1 Å². The minimum Gasteiger partial charge on any atom is -0.449 e. The van der Waals surface area contributed by atoms with Crippen molar-refractivity contribution in [1.82, 2.24) is 31.9 Å². The zero-order chi connectivity index (χ0) is 53.2. The lowest BCUT2D eigenvalue weighted by atomic mass is 9.98. The van der Waals surface area contributed by atoms with E-state index < -0.39 is 41.9 Å². The van der Waals surface area contributed by atoms with Crippen molar-refractivity contribution in [2.75, 3.05) is 64.7 Å². The molecular formula is C57H74N6O9S. The van der Waals surface area contributed by atoms with Gasteiger partial charge in [0, 0.05) is 51.2 Å². The molecule has 0 aromatic heterocycles. The van der Waals surface area contributed by atoms with Crippen LogP contribution in [0, 0.1) is 0 Å². The van der Waals surface area contributed by atoms with Gasteiger partial charge in [-0.15, -0.1) is 26.3 Å². The lowest BCUT2D eigenvalue weighted by Gasteiger charge is -2.26. The fourth-order valence-corrected chi connectivity index (χ4v) is 8.14. The Morgan fingerprint density at radius 1 is 0.575 bits per heavy atom. The summed E-state index contributed by atoms with van der Waals surface area (Å²) in [6.07, 6.45) is 2.42. The van der Waals surface area contributed by atoms with Crippen molar-refractivity contribution in [1.29, 1.82) is 0 Å². The Kier molecular flexibility index (Phi) is 29.0. The van der Waals surface area contributed by atoms with Gasteiger partial charge in [-0.2, -0.15) is 11.8 Å². The Labute approximate surface area is 435 Å². The number of thioether (sulfide) groups is 1. The number of benzene rings is 4. The summed E-state index contributed by atoms with van der Waals surface area (Å²) in [6, 6.07) is 31.6. The van der Waals surface area contributed by atoms with Gasteiger partial charge < -0.3 is 46.1 Å². The predicted molar refractivity (Wildman–Crippen MR) is 291 cm³/mol. The van der Waals surface area contributed by atoms with Gasteiger partial charge in [-0.25, -0.2) is 4.79 Å². The summed E-state index contributed by atoms with van der Waals surface area (Å²) in [5, 5.41) is 16.8. The summed E-state index contributed by atoms with van der Waals surface area (Å²) < 4.78 is 16.7. The molecule has 0 saturated heterocycles. The molecule has 0 saturated carbocycles. The molecule has 6 N–H and O–H groups in total. The standard InChI is InChI=1S/C53H66N6O9S.2C2H4/c1-4-37(2)35-56-50(62)45(25-32-69-3)58-52(64)47(34-39-17-9-6-10-18-39)59-51(63)46(33-38-15-7-5-8-16-38)57-49(61)24-23-48(60)54-26-28-66-30-31-67-29-27-55-53(65)68-36-44-42-21-13-11-19-40(42)41-20-12-14-22-43(41)44;2*1-2/h5-22,44-47H,2,4,23-36H2,1,3H3,(H,54,60)(H,55,65)(H,56,62)(H,57,61)(H,58,64)(H,59,63);2*1-2H2. The topological polar surface area (TPSA) is 202 Å². The number of fused-ring (bicyclic) bond motifs is 3. The molecule has 0 radical (unpaired) electrons. The Morgan fingerprint density at radius 3 is 1.59 bits per heavy atom. The number of hydrogen-bond acceptors (Lipinski definition) is 10. The molecule has 0 bridgehead atoms. The molecular weight excluding hydrogens is 945 g/mol. The van der Waals surface area contributed by atoms with E-state index in [0.717, 1.165) is 39.0 Å². The first-order chi connectivity index (χ1) is 35.6. The van der Waals surface area contributed by atoms with Gasteiger partial charge in [-0.1, -0.05) is 128 Å². The van der Waals surface area contributed by atoms with Crippen LogP contribution < -0.4 is 31.9 Å². The molecule has 16 heteroatoms. The van der Waals surface area contributed by atoms with Crippen molar-refractivity contribution in [2.45, 2.75) is 69.5 Å². The van der Waals surface area contributed by atoms with Crippen LogP contribution in [0.25, 0.3) is 11.1 Å². The molecule has 3 unspecified atom stereocenters. The molecule has 392 valence electrons. The third-order valence-electron chi connectivity index (χ3n) is 11.5. The molecule has 73 heavy (non-hydrogen) atoms. The van der Waals surface area contributed by atoms with E-state index in [0.29, 0.717) is 18.6 Å². The fourth-order valence-electron chi connectivity index (χ4n) is 7.67. The first kappa shape index (κ1) is 60.3. The molecule has 4 aromatic carbocycles. The van der Waals surface area contributed by atoms with Crippen LogP contribution in [0.4, 0.5) is 4.79 Å². The van der Waals surface area contributed by atoms with Gasteiger partial charge in [0.1, 0.15) is 24.7 Å². The van der Waals surface area contributed by atoms with Crippen LogP contribution in [0.1, 0.15) is 60.8 Å². The molecule has 1 aliphatic carbocycles. The average Bonchev–Trinajstić information content (AvgIpc) is 3.74. The van der Waals surface area contributed by atoms with Crippen molar-refractivity contribution in [3.05, 3.63) is 170 Å². The van der Waals surface area contributed by atoms with E-state index >= 15 is 0 Å². The van der Waals surface area contributed by atoms with Crippen LogP contribution in [-0.2, 0) is 51.0 Å². The van der Waals surface area contributed by atoms with E-state index in [1.807, 2.05) is 98.1 Å². The summed E-state index contributed by atoms with van der Waals surface area (Å²) >= 11 is 1.55. The molecule has 0 fully saturated rings. The smallest absolute Gasteiger partial charge is 0.407 e. The summed E-state index contributed by atoms with van der Waals surface area (Å²) in [5.74, 6) is -1.77. The molecule has 15 nitrogen and oxygen atoms in total. The third kappa shape index (κ3) is 21.7. The highest BCUT2D eigenvalue weighted by Crippen LogP contribution is 2.44. The monoisotopic (exact) mass is 1020 g/mol. The number of rotatable bonds is 30. The van der Waals surface area contributed by atoms with E-state index in [9.17, 15) is 28.8 Å². The Balaban J connectivity index is 0.00000343. The Hall–Kier alpha value is -7.01. The zero-order valence-corrected chi connectivity index (χ0v) is 43.2. The maximum Gasteiger partial charge on any atom is 0.407 e. The van der Waals surface area contributed by atoms with E-state index in [-0.39, 0.29) is 96.1 Å². The number of ether oxygens (including phenoxy) is 3.